The Balaban J connectivity index is 2.58. The highest BCUT2D eigenvalue weighted by atomic mass is 14.4. The van der Waals surface area contributed by atoms with Gasteiger partial charge >= 0.3 is 0 Å². The maximum Gasteiger partial charge on any atom is 0.00303 e. The molecule has 1 fully saturated rings. The Morgan fingerprint density at radius 1 is 1.12 bits per heavy atom. The average Bonchev–Trinajstić information content (AvgIpc) is 2.76. The van der Waals surface area contributed by atoms with E-state index in [4.69, 9.17) is 0 Å². The molecule has 6 atom stereocenters. The van der Waals surface area contributed by atoms with Crippen molar-refractivity contribution in [3.63, 3.8) is 0 Å². The lowest BCUT2D eigenvalue weighted by atomic mass is 9.60. The molecule has 1 rings (SSSR count). The predicted molar refractivity (Wildman–Crippen MR) is 151 cm³/mol. The molecular formula is C33H56. The topological polar surface area (TPSA) is 0 Å². The molecule has 0 bridgehead atoms. The molecular weight excluding hydrogens is 396 g/mol. The summed E-state index contributed by atoms with van der Waals surface area (Å²) in [4.78, 5) is 0. The number of hydrogen-bond acceptors (Lipinski definition) is 0. The molecule has 0 nitrogen and oxygen atoms in total. The van der Waals surface area contributed by atoms with Crippen molar-refractivity contribution in [2.45, 2.75) is 107 Å². The van der Waals surface area contributed by atoms with Crippen LogP contribution in [0.1, 0.15) is 107 Å². The highest BCUT2D eigenvalue weighted by Gasteiger charge is 2.39. The highest BCUT2D eigenvalue weighted by molar-refractivity contribution is 5.12. The SMILES string of the molecule is C=CC(C)(/C=C/C(C)CCC1C(=C)CCC(C)C1(C)C)CCC(C)C(=C)CCC(C)C(=C)C. The second-order valence-electron chi connectivity index (χ2n) is 12.5. The quantitative estimate of drug-likeness (QED) is 0.230. The lowest BCUT2D eigenvalue weighted by molar-refractivity contribution is 0.103. The summed E-state index contributed by atoms with van der Waals surface area (Å²) in [6.45, 7) is 35.9. The third-order valence-corrected chi connectivity index (χ3v) is 9.29. The fourth-order valence-electron chi connectivity index (χ4n) is 5.18. The van der Waals surface area contributed by atoms with Gasteiger partial charge in [-0.2, -0.15) is 0 Å². The second kappa shape index (κ2) is 13.0. The van der Waals surface area contributed by atoms with Gasteiger partial charge in [0.15, 0.2) is 0 Å². The Hall–Kier alpha value is -1.30. The first-order valence-electron chi connectivity index (χ1n) is 13.6. The van der Waals surface area contributed by atoms with E-state index in [0.29, 0.717) is 29.1 Å². The maximum absolute atomic E-state index is 4.45. The average molecular weight is 453 g/mol. The lowest BCUT2D eigenvalue weighted by Gasteiger charge is -2.45. The Kier molecular flexibility index (Phi) is 11.7. The summed E-state index contributed by atoms with van der Waals surface area (Å²) < 4.78 is 0. The standard InChI is InChI=1S/C33H56/c1-13-33(12,23-21-28(7)27(6)16-15-26(5)24(2)3)22-20-25(4)14-19-31-29(8)17-18-30(9)32(31,10)11/h13,20,22,25-26,28,30-31H,1-2,6,8,14-19,21,23H2,3-5,7,9-12H3/b22-20+. The van der Waals surface area contributed by atoms with E-state index < -0.39 is 0 Å². The molecule has 0 radical (unpaired) electrons. The molecule has 0 N–H and O–H groups in total. The van der Waals surface area contributed by atoms with Crippen LogP contribution in [0.15, 0.2) is 61.3 Å². The molecule has 1 aliphatic rings. The normalized spacial score (nSPS) is 25.3. The molecule has 0 saturated heterocycles. The summed E-state index contributed by atoms with van der Waals surface area (Å²) in [7, 11) is 0. The third kappa shape index (κ3) is 9.11. The second-order valence-corrected chi connectivity index (χ2v) is 12.5. The van der Waals surface area contributed by atoms with Crippen molar-refractivity contribution in [1.29, 1.82) is 0 Å². The Bertz CT molecular complexity index is 702. The molecule has 0 aliphatic heterocycles. The summed E-state index contributed by atoms with van der Waals surface area (Å²) in [5, 5.41) is 0. The summed E-state index contributed by atoms with van der Waals surface area (Å²) in [5.74, 6) is 3.15. The van der Waals surface area contributed by atoms with Crippen LogP contribution in [0, 0.1) is 40.4 Å². The van der Waals surface area contributed by atoms with Crippen LogP contribution in [0.25, 0.3) is 0 Å². The monoisotopic (exact) mass is 452 g/mol. The van der Waals surface area contributed by atoms with E-state index in [1.165, 1.54) is 42.4 Å². The first kappa shape index (κ1) is 29.7. The highest BCUT2D eigenvalue weighted by Crippen LogP contribution is 2.49. The van der Waals surface area contributed by atoms with Crippen LogP contribution in [0.2, 0.25) is 0 Å². The van der Waals surface area contributed by atoms with Crippen LogP contribution in [0.4, 0.5) is 0 Å². The van der Waals surface area contributed by atoms with Gasteiger partial charge < -0.3 is 0 Å². The van der Waals surface area contributed by atoms with Crippen LogP contribution in [0.5, 0.6) is 0 Å². The zero-order valence-corrected chi connectivity index (χ0v) is 23.6. The summed E-state index contributed by atoms with van der Waals surface area (Å²) in [6, 6.07) is 0. The van der Waals surface area contributed by atoms with E-state index in [1.807, 2.05) is 0 Å². The van der Waals surface area contributed by atoms with Gasteiger partial charge in [-0.15, -0.1) is 6.58 Å². The fourth-order valence-corrected chi connectivity index (χ4v) is 5.18. The van der Waals surface area contributed by atoms with E-state index >= 15 is 0 Å². The molecule has 33 heavy (non-hydrogen) atoms. The minimum atomic E-state index is 0.0516. The number of rotatable bonds is 14. The smallest absolute Gasteiger partial charge is 0.00303 e. The van der Waals surface area contributed by atoms with Crippen molar-refractivity contribution < 1.29 is 0 Å². The zero-order valence-electron chi connectivity index (χ0n) is 23.6. The molecule has 188 valence electrons. The van der Waals surface area contributed by atoms with Crippen molar-refractivity contribution in [2.75, 3.05) is 0 Å². The minimum absolute atomic E-state index is 0.0516. The van der Waals surface area contributed by atoms with Crippen LogP contribution in [-0.2, 0) is 0 Å². The fraction of sp³-hybridized carbons (Fsp3) is 0.697. The molecule has 1 aliphatic carbocycles. The molecule has 0 amide bonds. The van der Waals surface area contributed by atoms with Crippen LogP contribution in [-0.4, -0.2) is 0 Å². The molecule has 0 heterocycles. The van der Waals surface area contributed by atoms with Crippen molar-refractivity contribution in [3.8, 4) is 0 Å². The number of allylic oxidation sites excluding steroid dienone is 6. The van der Waals surface area contributed by atoms with Crippen LogP contribution < -0.4 is 0 Å². The van der Waals surface area contributed by atoms with Crippen LogP contribution in [0.3, 0.4) is 0 Å². The molecule has 6 unspecified atom stereocenters. The van der Waals surface area contributed by atoms with Gasteiger partial charge in [0.05, 0.1) is 0 Å². The Morgan fingerprint density at radius 2 is 1.76 bits per heavy atom. The summed E-state index contributed by atoms with van der Waals surface area (Å²) in [6.07, 6.45) is 16.6. The minimum Gasteiger partial charge on any atom is -0.102 e. The van der Waals surface area contributed by atoms with Crippen molar-refractivity contribution in [1.82, 2.24) is 0 Å². The molecule has 0 heteroatoms. The Morgan fingerprint density at radius 3 is 2.33 bits per heavy atom. The van der Waals surface area contributed by atoms with E-state index in [0.717, 1.165) is 31.6 Å². The first-order chi connectivity index (χ1) is 15.2. The van der Waals surface area contributed by atoms with Gasteiger partial charge in [0.25, 0.3) is 0 Å². The Labute approximate surface area is 208 Å². The number of hydrogen-bond donors (Lipinski definition) is 0. The van der Waals surface area contributed by atoms with E-state index in [2.05, 4.69) is 99.9 Å². The zero-order chi connectivity index (χ0) is 25.4. The maximum atomic E-state index is 4.45. The van der Waals surface area contributed by atoms with Gasteiger partial charge in [-0.05, 0) is 93.3 Å². The van der Waals surface area contributed by atoms with Gasteiger partial charge in [0.1, 0.15) is 0 Å². The molecule has 0 aromatic rings. The van der Waals surface area contributed by atoms with Gasteiger partial charge in [0, 0.05) is 5.41 Å². The predicted octanol–water partition coefficient (Wildman–Crippen LogP) is 10.7. The van der Waals surface area contributed by atoms with Gasteiger partial charge in [0.2, 0.25) is 0 Å². The van der Waals surface area contributed by atoms with E-state index in [9.17, 15) is 0 Å². The lowest BCUT2D eigenvalue weighted by Crippen LogP contribution is -2.36. The molecule has 1 saturated carbocycles. The van der Waals surface area contributed by atoms with Gasteiger partial charge in [-0.25, -0.2) is 0 Å². The van der Waals surface area contributed by atoms with Crippen molar-refractivity contribution >= 4 is 0 Å². The van der Waals surface area contributed by atoms with E-state index in [-0.39, 0.29) is 5.41 Å². The molecule has 0 aromatic heterocycles. The summed E-state index contributed by atoms with van der Waals surface area (Å²) in [5.41, 5.74) is 4.57. The van der Waals surface area contributed by atoms with E-state index in [1.54, 1.807) is 0 Å². The van der Waals surface area contributed by atoms with Gasteiger partial charge in [-0.1, -0.05) is 103 Å². The summed E-state index contributed by atoms with van der Waals surface area (Å²) >= 11 is 0. The first-order valence-corrected chi connectivity index (χ1v) is 13.6. The van der Waals surface area contributed by atoms with Gasteiger partial charge in [-0.3, -0.25) is 0 Å². The third-order valence-electron chi connectivity index (χ3n) is 9.29. The van der Waals surface area contributed by atoms with Crippen molar-refractivity contribution in [3.05, 3.63) is 61.3 Å². The molecule has 0 aromatic carbocycles. The largest absolute Gasteiger partial charge is 0.102 e. The van der Waals surface area contributed by atoms with Crippen LogP contribution >= 0.6 is 0 Å². The van der Waals surface area contributed by atoms with Crippen molar-refractivity contribution in [2.24, 2.45) is 40.4 Å². The molecule has 0 spiro atoms.